The molecule has 0 aromatic carbocycles. The largest absolute Gasteiger partial charge is 0.336 e. The molecule has 0 radical (unpaired) electrons. The Morgan fingerprint density at radius 1 is 1.00 bits per heavy atom. The molecular formula is C26H20F2N8OS. The molecule has 6 rings (SSSR count). The summed E-state index contributed by atoms with van der Waals surface area (Å²) in [5, 5.41) is 9.77. The number of carbonyl (C=O) groups excluding carboxylic acids is 1. The molecule has 0 unspecified atom stereocenters. The second-order valence-corrected chi connectivity index (χ2v) is 10.7. The van der Waals surface area contributed by atoms with E-state index in [1.54, 1.807) is 45.2 Å². The lowest BCUT2D eigenvalue weighted by molar-refractivity contribution is -0.123. The van der Waals surface area contributed by atoms with Gasteiger partial charge in [-0.05, 0) is 24.3 Å². The molecule has 9 nitrogen and oxygen atoms in total. The van der Waals surface area contributed by atoms with E-state index in [1.165, 1.54) is 24.7 Å². The van der Waals surface area contributed by atoms with Crippen LogP contribution in [0.15, 0.2) is 49.1 Å². The molecule has 0 bridgehead atoms. The lowest BCUT2D eigenvalue weighted by Crippen LogP contribution is -2.27. The molecule has 0 aliphatic carbocycles. The van der Waals surface area contributed by atoms with Gasteiger partial charge in [0.25, 0.3) is 0 Å². The second kappa shape index (κ2) is 8.77. The van der Waals surface area contributed by atoms with Gasteiger partial charge in [0, 0.05) is 23.4 Å². The van der Waals surface area contributed by atoms with E-state index in [0.29, 0.717) is 44.2 Å². The fourth-order valence-corrected chi connectivity index (χ4v) is 4.70. The maximum atomic E-state index is 16.0. The van der Waals surface area contributed by atoms with Crippen molar-refractivity contribution in [2.45, 2.75) is 20.8 Å². The summed E-state index contributed by atoms with van der Waals surface area (Å²) in [6, 6.07) is 6.37. The van der Waals surface area contributed by atoms with E-state index in [1.807, 2.05) is 0 Å². The van der Waals surface area contributed by atoms with Crippen molar-refractivity contribution in [3.8, 4) is 33.3 Å². The Balaban J connectivity index is 1.44. The molecule has 6 heterocycles. The number of hydrogen-bond donors (Lipinski definition) is 3. The van der Waals surface area contributed by atoms with Gasteiger partial charge < -0.3 is 10.3 Å². The van der Waals surface area contributed by atoms with Gasteiger partial charge in [-0.2, -0.15) is 9.49 Å². The minimum absolute atomic E-state index is 0.0482. The van der Waals surface area contributed by atoms with E-state index < -0.39 is 11.2 Å². The minimum Gasteiger partial charge on any atom is -0.336 e. The predicted octanol–water partition coefficient (Wildman–Crippen LogP) is 5.95. The van der Waals surface area contributed by atoms with Crippen LogP contribution in [0.3, 0.4) is 0 Å². The summed E-state index contributed by atoms with van der Waals surface area (Å²) in [6.45, 7) is 5.39. The van der Waals surface area contributed by atoms with E-state index >= 15 is 4.39 Å². The molecule has 6 aromatic rings. The number of nitrogens with zero attached hydrogens (tertiary/aromatic N) is 5. The van der Waals surface area contributed by atoms with Gasteiger partial charge in [-0.25, -0.2) is 9.37 Å². The maximum absolute atomic E-state index is 16.0. The molecular weight excluding hydrogens is 510 g/mol. The number of halogens is 2. The van der Waals surface area contributed by atoms with Crippen molar-refractivity contribution in [3.05, 3.63) is 60.0 Å². The Labute approximate surface area is 218 Å². The molecule has 0 atom stereocenters. The molecule has 0 aliphatic rings. The number of amides is 1. The summed E-state index contributed by atoms with van der Waals surface area (Å²) in [7, 11) is 0. The number of hydrogen-bond acceptors (Lipinski definition) is 7. The summed E-state index contributed by atoms with van der Waals surface area (Å²) >= 11 is 0.968. The number of aromatic amines is 2. The van der Waals surface area contributed by atoms with E-state index in [4.69, 9.17) is 0 Å². The third kappa shape index (κ3) is 4.08. The SMILES string of the molecule is CC(C)(C)C(=O)Nc1cncc(-c2ncc3[nH]nc(-c4nc5c(-c6ccc(F)s6)nccc5[nH]4)c3c2F)c1. The van der Waals surface area contributed by atoms with Gasteiger partial charge in [-0.3, -0.25) is 24.8 Å². The summed E-state index contributed by atoms with van der Waals surface area (Å²) in [5.41, 5.74) is 2.57. The molecule has 0 saturated heterocycles. The third-order valence-electron chi connectivity index (χ3n) is 5.93. The number of fused-ring (bicyclic) bond motifs is 2. The fourth-order valence-electron chi connectivity index (χ4n) is 3.97. The second-order valence-electron chi connectivity index (χ2n) is 9.69. The van der Waals surface area contributed by atoms with Crippen LogP contribution in [-0.4, -0.2) is 41.0 Å². The van der Waals surface area contributed by atoms with E-state index in [0.717, 1.165) is 11.3 Å². The van der Waals surface area contributed by atoms with Gasteiger partial charge in [-0.1, -0.05) is 20.8 Å². The predicted molar refractivity (Wildman–Crippen MR) is 141 cm³/mol. The third-order valence-corrected chi connectivity index (χ3v) is 6.81. The lowest BCUT2D eigenvalue weighted by atomic mass is 9.95. The number of anilines is 1. The van der Waals surface area contributed by atoms with Crippen molar-refractivity contribution >= 4 is 44.9 Å². The standard InChI is InChI=1S/C26H20F2N8OS/c1-26(2,3)25(37)32-13-8-12(9-29-10-13)20-19(28)18-15(11-31-20)35-36-23(18)24-33-14-6-7-30-22(21(14)34-24)16-4-5-17(27)38-16/h4-11H,1-3H3,(H,32,37)(H,33,34)(H,35,36). The van der Waals surface area contributed by atoms with E-state index in [-0.39, 0.29) is 27.8 Å². The van der Waals surface area contributed by atoms with Crippen molar-refractivity contribution in [2.75, 3.05) is 5.32 Å². The number of imidazole rings is 1. The highest BCUT2D eigenvalue weighted by Crippen LogP contribution is 2.35. The van der Waals surface area contributed by atoms with Crippen molar-refractivity contribution in [1.82, 2.24) is 35.1 Å². The molecule has 3 N–H and O–H groups in total. The number of thiophene rings is 1. The van der Waals surface area contributed by atoms with Gasteiger partial charge in [-0.15, -0.1) is 11.3 Å². The summed E-state index contributed by atoms with van der Waals surface area (Å²) in [5.74, 6) is -0.495. The number of H-pyrrole nitrogens is 2. The molecule has 0 spiro atoms. The highest BCUT2D eigenvalue weighted by molar-refractivity contribution is 7.13. The van der Waals surface area contributed by atoms with Crippen LogP contribution >= 0.6 is 11.3 Å². The van der Waals surface area contributed by atoms with E-state index in [9.17, 15) is 9.18 Å². The molecule has 0 aliphatic heterocycles. The number of pyridine rings is 3. The first-order valence-electron chi connectivity index (χ1n) is 11.6. The molecule has 190 valence electrons. The zero-order valence-corrected chi connectivity index (χ0v) is 21.2. The normalized spacial score (nSPS) is 11.9. The number of nitrogens with one attached hydrogen (secondary N) is 3. The van der Waals surface area contributed by atoms with Crippen molar-refractivity contribution in [1.29, 1.82) is 0 Å². The van der Waals surface area contributed by atoms with Crippen LogP contribution in [0.4, 0.5) is 14.5 Å². The highest BCUT2D eigenvalue weighted by atomic mass is 32.1. The van der Waals surface area contributed by atoms with Gasteiger partial charge in [0.15, 0.2) is 16.8 Å². The first-order valence-corrected chi connectivity index (χ1v) is 12.4. The average molecular weight is 531 g/mol. The first-order chi connectivity index (χ1) is 18.2. The van der Waals surface area contributed by atoms with Crippen LogP contribution in [-0.2, 0) is 4.79 Å². The first kappa shape index (κ1) is 23.8. The maximum Gasteiger partial charge on any atom is 0.229 e. The van der Waals surface area contributed by atoms with Crippen LogP contribution < -0.4 is 5.32 Å². The molecule has 0 saturated carbocycles. The highest BCUT2D eigenvalue weighted by Gasteiger charge is 2.23. The lowest BCUT2D eigenvalue weighted by Gasteiger charge is -2.17. The monoisotopic (exact) mass is 530 g/mol. The summed E-state index contributed by atoms with van der Waals surface area (Å²) in [4.78, 5) is 33.7. The average Bonchev–Trinajstić information content (AvgIpc) is 3.61. The number of aromatic nitrogens is 7. The topological polar surface area (TPSA) is 125 Å². The zero-order chi connectivity index (χ0) is 26.6. The number of carbonyl (C=O) groups is 1. The van der Waals surface area contributed by atoms with Crippen molar-refractivity contribution < 1.29 is 13.6 Å². The Bertz CT molecular complexity index is 1850. The minimum atomic E-state index is -0.619. The van der Waals surface area contributed by atoms with Crippen molar-refractivity contribution in [3.63, 3.8) is 0 Å². The Hall–Kier alpha value is -4.58. The zero-order valence-electron chi connectivity index (χ0n) is 20.4. The molecule has 12 heteroatoms. The Morgan fingerprint density at radius 2 is 1.84 bits per heavy atom. The summed E-state index contributed by atoms with van der Waals surface area (Å²) in [6.07, 6.45) is 6.05. The van der Waals surface area contributed by atoms with Gasteiger partial charge in [0.1, 0.15) is 22.6 Å². The van der Waals surface area contributed by atoms with Crippen LogP contribution in [0.2, 0.25) is 0 Å². The van der Waals surface area contributed by atoms with Gasteiger partial charge >= 0.3 is 0 Å². The van der Waals surface area contributed by atoms with Crippen LogP contribution in [0.1, 0.15) is 20.8 Å². The van der Waals surface area contributed by atoms with Crippen LogP contribution in [0.5, 0.6) is 0 Å². The fraction of sp³-hybridized carbons (Fsp3) is 0.154. The Morgan fingerprint density at radius 3 is 2.61 bits per heavy atom. The molecule has 0 fully saturated rings. The smallest absolute Gasteiger partial charge is 0.229 e. The quantitative estimate of drug-likeness (QED) is 0.259. The summed E-state index contributed by atoms with van der Waals surface area (Å²) < 4.78 is 29.6. The van der Waals surface area contributed by atoms with Gasteiger partial charge in [0.05, 0.1) is 39.4 Å². The van der Waals surface area contributed by atoms with E-state index in [2.05, 4.69) is 40.4 Å². The molecule has 6 aromatic heterocycles. The van der Waals surface area contributed by atoms with Crippen LogP contribution in [0, 0.1) is 16.4 Å². The van der Waals surface area contributed by atoms with Crippen LogP contribution in [0.25, 0.3) is 55.3 Å². The number of rotatable bonds is 4. The molecule has 1 amide bonds. The van der Waals surface area contributed by atoms with Crippen molar-refractivity contribution in [2.24, 2.45) is 5.41 Å². The van der Waals surface area contributed by atoms with Gasteiger partial charge in [0.2, 0.25) is 5.91 Å². The Kier molecular flexibility index (Phi) is 5.49. The molecule has 38 heavy (non-hydrogen) atoms.